The molecular weight excluding hydrogens is 274 g/mol. The Kier molecular flexibility index (Phi) is 4.00. The van der Waals surface area contributed by atoms with Crippen LogP contribution in [0.4, 0.5) is 0 Å². The monoisotopic (exact) mass is 285 g/mol. The molecule has 2 aromatic rings. The van der Waals surface area contributed by atoms with Crippen LogP contribution in [0.15, 0.2) is 38.9 Å². The number of furan rings is 1. The van der Waals surface area contributed by atoms with E-state index in [2.05, 4.69) is 33.4 Å². The van der Waals surface area contributed by atoms with Crippen LogP contribution in [0.1, 0.15) is 10.4 Å². The first-order chi connectivity index (χ1) is 7.34. The van der Waals surface area contributed by atoms with E-state index >= 15 is 0 Å². The molecule has 0 saturated carbocycles. The second kappa shape index (κ2) is 5.49. The van der Waals surface area contributed by atoms with Crippen molar-refractivity contribution in [3.63, 3.8) is 0 Å². The van der Waals surface area contributed by atoms with Gasteiger partial charge in [0, 0.05) is 23.5 Å². The van der Waals surface area contributed by atoms with Gasteiger partial charge in [-0.1, -0.05) is 0 Å². The third-order valence-corrected chi connectivity index (χ3v) is 3.77. The number of thiophene rings is 1. The lowest BCUT2D eigenvalue weighted by Crippen LogP contribution is -2.15. The summed E-state index contributed by atoms with van der Waals surface area (Å²) in [6.07, 6.45) is 4.55. The summed E-state index contributed by atoms with van der Waals surface area (Å²) in [6.45, 7) is 1.88. The average Bonchev–Trinajstić information content (AvgIpc) is 2.84. The van der Waals surface area contributed by atoms with Crippen LogP contribution in [0.25, 0.3) is 0 Å². The fourth-order valence-electron chi connectivity index (χ4n) is 1.32. The molecule has 2 aromatic heterocycles. The van der Waals surface area contributed by atoms with Crippen molar-refractivity contribution in [2.45, 2.75) is 13.0 Å². The van der Waals surface area contributed by atoms with Gasteiger partial charge in [-0.15, -0.1) is 11.3 Å². The molecule has 0 aliphatic heterocycles. The van der Waals surface area contributed by atoms with Crippen molar-refractivity contribution >= 4 is 27.3 Å². The minimum Gasteiger partial charge on any atom is -0.472 e. The summed E-state index contributed by atoms with van der Waals surface area (Å²) in [5.41, 5.74) is 1.20. The predicted molar refractivity (Wildman–Crippen MR) is 66.1 cm³/mol. The van der Waals surface area contributed by atoms with Crippen LogP contribution in [-0.2, 0) is 13.0 Å². The van der Waals surface area contributed by atoms with Crippen molar-refractivity contribution < 1.29 is 4.42 Å². The molecule has 0 bridgehead atoms. The van der Waals surface area contributed by atoms with Crippen LogP contribution in [0, 0.1) is 0 Å². The molecule has 0 amide bonds. The van der Waals surface area contributed by atoms with Gasteiger partial charge in [-0.3, -0.25) is 0 Å². The van der Waals surface area contributed by atoms with E-state index in [-0.39, 0.29) is 0 Å². The molecule has 2 rings (SSSR count). The first-order valence-corrected chi connectivity index (χ1v) is 6.41. The van der Waals surface area contributed by atoms with Gasteiger partial charge in [-0.05, 0) is 40.5 Å². The van der Waals surface area contributed by atoms with E-state index in [9.17, 15) is 0 Å². The molecule has 15 heavy (non-hydrogen) atoms. The zero-order chi connectivity index (χ0) is 10.5. The first kappa shape index (κ1) is 10.9. The van der Waals surface area contributed by atoms with Gasteiger partial charge < -0.3 is 9.73 Å². The predicted octanol–water partition coefficient (Wildman–Crippen LogP) is 3.44. The minimum atomic E-state index is 0.878. The second-order valence-corrected chi connectivity index (χ2v) is 5.81. The van der Waals surface area contributed by atoms with Gasteiger partial charge in [0.2, 0.25) is 0 Å². The van der Waals surface area contributed by atoms with Gasteiger partial charge in [-0.2, -0.15) is 0 Å². The minimum absolute atomic E-state index is 0.878. The summed E-state index contributed by atoms with van der Waals surface area (Å²) in [5.74, 6) is 0. The van der Waals surface area contributed by atoms with Crippen LogP contribution >= 0.6 is 27.3 Å². The lowest BCUT2D eigenvalue weighted by Gasteiger charge is -2.00. The molecular formula is C11H12BrNOS. The van der Waals surface area contributed by atoms with Crippen LogP contribution in [0.2, 0.25) is 0 Å². The largest absolute Gasteiger partial charge is 0.472 e. The Morgan fingerprint density at radius 3 is 2.93 bits per heavy atom. The topological polar surface area (TPSA) is 25.2 Å². The highest BCUT2D eigenvalue weighted by atomic mass is 79.9. The fourth-order valence-corrected chi connectivity index (χ4v) is 2.81. The van der Waals surface area contributed by atoms with E-state index in [0.717, 1.165) is 19.5 Å². The highest BCUT2D eigenvalue weighted by molar-refractivity contribution is 9.11. The maximum Gasteiger partial charge on any atom is 0.0947 e. The zero-order valence-corrected chi connectivity index (χ0v) is 10.6. The third kappa shape index (κ3) is 3.48. The molecule has 0 aliphatic rings. The maximum atomic E-state index is 4.99. The fraction of sp³-hybridized carbons (Fsp3) is 0.273. The lowest BCUT2D eigenvalue weighted by atomic mass is 10.3. The molecule has 2 nitrogen and oxygen atoms in total. The molecule has 0 fully saturated rings. The molecule has 0 atom stereocenters. The normalized spacial score (nSPS) is 10.7. The van der Waals surface area contributed by atoms with Crippen LogP contribution < -0.4 is 5.32 Å². The maximum absolute atomic E-state index is 4.99. The van der Waals surface area contributed by atoms with E-state index in [1.165, 1.54) is 14.2 Å². The number of halogens is 1. The summed E-state index contributed by atoms with van der Waals surface area (Å²) >= 11 is 5.25. The second-order valence-electron chi connectivity index (χ2n) is 3.26. The van der Waals surface area contributed by atoms with Crippen molar-refractivity contribution in [1.82, 2.24) is 5.32 Å². The average molecular weight is 286 g/mol. The Balaban J connectivity index is 1.67. The molecule has 80 valence electrons. The van der Waals surface area contributed by atoms with E-state index < -0.39 is 0 Å². The number of hydrogen-bond donors (Lipinski definition) is 1. The summed E-state index contributed by atoms with van der Waals surface area (Å²) in [7, 11) is 0. The molecule has 0 aliphatic carbocycles. The Hall–Kier alpha value is -0.580. The van der Waals surface area contributed by atoms with Crippen LogP contribution in [-0.4, -0.2) is 6.54 Å². The van der Waals surface area contributed by atoms with E-state index in [1.807, 2.05) is 6.07 Å². The molecule has 0 spiro atoms. The summed E-state index contributed by atoms with van der Waals surface area (Å²) in [4.78, 5) is 1.40. The molecule has 0 radical (unpaired) electrons. The highest BCUT2D eigenvalue weighted by Gasteiger charge is 1.97. The number of hydrogen-bond acceptors (Lipinski definition) is 3. The van der Waals surface area contributed by atoms with Crippen molar-refractivity contribution in [2.24, 2.45) is 0 Å². The quantitative estimate of drug-likeness (QED) is 0.852. The lowest BCUT2D eigenvalue weighted by molar-refractivity contribution is 0.560. The summed E-state index contributed by atoms with van der Waals surface area (Å²) in [6, 6.07) is 6.24. The standard InChI is InChI=1S/C11H12BrNOS/c12-11-2-1-10(15-11)3-5-13-7-9-4-6-14-8-9/h1-2,4,6,8,13H,3,5,7H2. The molecule has 0 saturated heterocycles. The van der Waals surface area contributed by atoms with Crippen LogP contribution in [0.3, 0.4) is 0 Å². The molecule has 0 aromatic carbocycles. The highest BCUT2D eigenvalue weighted by Crippen LogP contribution is 2.22. The van der Waals surface area contributed by atoms with E-state index in [4.69, 9.17) is 4.42 Å². The van der Waals surface area contributed by atoms with Crippen LogP contribution in [0.5, 0.6) is 0 Å². The van der Waals surface area contributed by atoms with Crippen molar-refractivity contribution in [3.8, 4) is 0 Å². The van der Waals surface area contributed by atoms with Gasteiger partial charge in [0.15, 0.2) is 0 Å². The Morgan fingerprint density at radius 1 is 1.33 bits per heavy atom. The van der Waals surface area contributed by atoms with Gasteiger partial charge in [0.25, 0.3) is 0 Å². The smallest absolute Gasteiger partial charge is 0.0947 e. The molecule has 4 heteroatoms. The van der Waals surface area contributed by atoms with E-state index in [1.54, 1.807) is 23.9 Å². The van der Waals surface area contributed by atoms with Gasteiger partial charge in [-0.25, -0.2) is 0 Å². The van der Waals surface area contributed by atoms with Crippen molar-refractivity contribution in [1.29, 1.82) is 0 Å². The number of rotatable bonds is 5. The number of nitrogens with one attached hydrogen (secondary N) is 1. The Bertz CT molecular complexity index is 396. The molecule has 1 N–H and O–H groups in total. The van der Waals surface area contributed by atoms with Gasteiger partial charge in [0.05, 0.1) is 16.3 Å². The third-order valence-electron chi connectivity index (χ3n) is 2.09. The van der Waals surface area contributed by atoms with Gasteiger partial charge >= 0.3 is 0 Å². The summed E-state index contributed by atoms with van der Waals surface area (Å²) in [5, 5.41) is 3.38. The zero-order valence-electron chi connectivity index (χ0n) is 8.20. The Morgan fingerprint density at radius 2 is 2.27 bits per heavy atom. The Labute approximate surface area is 101 Å². The van der Waals surface area contributed by atoms with E-state index in [0.29, 0.717) is 0 Å². The van der Waals surface area contributed by atoms with Gasteiger partial charge in [0.1, 0.15) is 0 Å². The SMILES string of the molecule is Brc1ccc(CCNCc2ccoc2)s1. The van der Waals surface area contributed by atoms with Crippen molar-refractivity contribution in [2.75, 3.05) is 6.54 Å². The molecule has 2 heterocycles. The summed E-state index contributed by atoms with van der Waals surface area (Å²) < 4.78 is 6.19. The molecule has 0 unspecified atom stereocenters. The first-order valence-electron chi connectivity index (χ1n) is 4.80. The van der Waals surface area contributed by atoms with Crippen molar-refractivity contribution in [3.05, 3.63) is 45.0 Å².